The molecule has 1 aliphatic rings. The summed E-state index contributed by atoms with van der Waals surface area (Å²) in [5.74, 6) is -37.5. The first-order valence-electron chi connectivity index (χ1n) is 8.75. The SMILES string of the molecule is FC(F)(F)C(F)(F)C(F)(F)C(F)(F)C(F)(F)C(F)(F)/C(=N\N1CCOCC1)c1ccccc1. The van der Waals surface area contributed by atoms with Gasteiger partial charge < -0.3 is 4.74 Å². The molecule has 0 unspecified atom stereocenters. The fourth-order valence-electron chi connectivity index (χ4n) is 2.61. The number of halogens is 13. The summed E-state index contributed by atoms with van der Waals surface area (Å²) < 4.78 is 181. The highest BCUT2D eigenvalue weighted by molar-refractivity contribution is 6.06. The number of alkyl halides is 13. The van der Waals surface area contributed by atoms with E-state index in [9.17, 15) is 57.1 Å². The van der Waals surface area contributed by atoms with Crippen molar-refractivity contribution in [3.8, 4) is 0 Å². The summed E-state index contributed by atoms with van der Waals surface area (Å²) >= 11 is 0. The zero-order chi connectivity index (χ0) is 25.5. The first-order chi connectivity index (χ1) is 14.8. The smallest absolute Gasteiger partial charge is 0.378 e. The molecule has 0 saturated carbocycles. The molecule has 0 aromatic heterocycles. The van der Waals surface area contributed by atoms with Gasteiger partial charge in [0.15, 0.2) is 0 Å². The van der Waals surface area contributed by atoms with Crippen molar-refractivity contribution in [2.45, 2.75) is 35.8 Å². The van der Waals surface area contributed by atoms with Crippen LogP contribution in [0.3, 0.4) is 0 Å². The minimum atomic E-state index is -7.97. The molecule has 0 radical (unpaired) electrons. The molecule has 0 amide bonds. The van der Waals surface area contributed by atoms with Crippen LogP contribution in [0.1, 0.15) is 5.56 Å². The van der Waals surface area contributed by atoms with Crippen molar-refractivity contribution < 1.29 is 61.8 Å². The lowest BCUT2D eigenvalue weighted by atomic mass is 9.90. The van der Waals surface area contributed by atoms with Crippen molar-refractivity contribution in [1.82, 2.24) is 5.01 Å². The van der Waals surface area contributed by atoms with Crippen LogP contribution >= 0.6 is 0 Å². The Hall–Kier alpha value is -2.26. The number of nitrogens with zero attached hydrogens (tertiary/aromatic N) is 2. The number of morpholine rings is 1. The summed E-state index contributed by atoms with van der Waals surface area (Å²) in [5, 5.41) is 3.74. The molecule has 1 heterocycles. The third kappa shape index (κ3) is 4.33. The molecule has 0 atom stereocenters. The average molecular weight is 508 g/mol. The van der Waals surface area contributed by atoms with Gasteiger partial charge in [0.2, 0.25) is 0 Å². The molecule has 1 fully saturated rings. The van der Waals surface area contributed by atoms with Crippen LogP contribution in [0.15, 0.2) is 35.4 Å². The molecule has 33 heavy (non-hydrogen) atoms. The Morgan fingerprint density at radius 3 is 1.58 bits per heavy atom. The minimum Gasteiger partial charge on any atom is -0.378 e. The van der Waals surface area contributed by atoms with E-state index in [4.69, 9.17) is 4.74 Å². The Morgan fingerprint density at radius 1 is 0.667 bits per heavy atom. The van der Waals surface area contributed by atoms with Gasteiger partial charge in [0.05, 0.1) is 26.3 Å². The van der Waals surface area contributed by atoms with Gasteiger partial charge in [-0.05, 0) is 0 Å². The Morgan fingerprint density at radius 2 is 1.12 bits per heavy atom. The van der Waals surface area contributed by atoms with E-state index in [-0.39, 0.29) is 26.3 Å². The van der Waals surface area contributed by atoms with Crippen molar-refractivity contribution in [2.24, 2.45) is 5.10 Å². The molecule has 0 bridgehead atoms. The van der Waals surface area contributed by atoms with Crippen LogP contribution in [0.5, 0.6) is 0 Å². The van der Waals surface area contributed by atoms with Crippen molar-refractivity contribution in [2.75, 3.05) is 26.3 Å². The van der Waals surface area contributed by atoms with Gasteiger partial charge in [-0.3, -0.25) is 5.01 Å². The van der Waals surface area contributed by atoms with Crippen molar-refractivity contribution in [3.63, 3.8) is 0 Å². The zero-order valence-corrected chi connectivity index (χ0v) is 15.9. The largest absolute Gasteiger partial charge is 0.460 e. The molecule has 16 heteroatoms. The molecule has 3 nitrogen and oxygen atoms in total. The number of benzene rings is 1. The fraction of sp³-hybridized carbons (Fsp3) is 0.588. The van der Waals surface area contributed by atoms with Gasteiger partial charge in [-0.15, -0.1) is 0 Å². The van der Waals surface area contributed by atoms with Gasteiger partial charge in [0.25, 0.3) is 0 Å². The molecular formula is C17H13F13N2O. The Bertz CT molecular complexity index is 846. The Balaban J connectivity index is 2.66. The van der Waals surface area contributed by atoms with Crippen LogP contribution in [0.4, 0.5) is 57.1 Å². The van der Waals surface area contributed by atoms with Crippen LogP contribution in [0.25, 0.3) is 0 Å². The molecule has 1 aromatic rings. The summed E-state index contributed by atoms with van der Waals surface area (Å²) in [4.78, 5) is 0. The van der Waals surface area contributed by atoms with Crippen LogP contribution in [0, 0.1) is 0 Å². The predicted octanol–water partition coefficient (Wildman–Crippen LogP) is 5.46. The molecule has 1 aliphatic heterocycles. The lowest BCUT2D eigenvalue weighted by Crippen LogP contribution is -2.71. The zero-order valence-electron chi connectivity index (χ0n) is 15.9. The topological polar surface area (TPSA) is 24.8 Å². The fourth-order valence-corrected chi connectivity index (χ4v) is 2.61. The van der Waals surface area contributed by atoms with E-state index >= 15 is 0 Å². The summed E-state index contributed by atoms with van der Waals surface area (Å²) in [7, 11) is 0. The van der Waals surface area contributed by atoms with Gasteiger partial charge in [0.1, 0.15) is 5.71 Å². The molecule has 0 aliphatic carbocycles. The third-order valence-electron chi connectivity index (χ3n) is 4.51. The Labute approximate surface area is 176 Å². The molecular weight excluding hydrogens is 495 g/mol. The standard InChI is InChI=1S/C17H13F13N2O/c18-12(19,11(10-4-2-1-3-5-10)31-32-6-8-33-9-7-32)13(20,21)14(22,23)15(24,25)16(26,27)17(28,29)30/h1-5H,6-9H2/b31-11-. The second-order valence-electron chi connectivity index (χ2n) is 6.75. The summed E-state index contributed by atoms with van der Waals surface area (Å²) in [5.41, 5.74) is -3.25. The maximum Gasteiger partial charge on any atom is 0.460 e. The first-order valence-corrected chi connectivity index (χ1v) is 8.75. The molecule has 1 saturated heterocycles. The van der Waals surface area contributed by atoms with Gasteiger partial charge in [-0.25, -0.2) is 0 Å². The molecule has 1 aromatic carbocycles. The van der Waals surface area contributed by atoms with Gasteiger partial charge >= 0.3 is 35.8 Å². The van der Waals surface area contributed by atoms with E-state index in [0.29, 0.717) is 17.1 Å². The van der Waals surface area contributed by atoms with E-state index in [1.54, 1.807) is 0 Å². The number of rotatable bonds is 7. The van der Waals surface area contributed by atoms with E-state index < -0.39 is 47.1 Å². The van der Waals surface area contributed by atoms with E-state index in [1.165, 1.54) is 6.07 Å². The quantitative estimate of drug-likeness (QED) is 0.361. The van der Waals surface area contributed by atoms with Gasteiger partial charge in [0, 0.05) is 5.56 Å². The monoisotopic (exact) mass is 508 g/mol. The Kier molecular flexibility index (Phi) is 6.96. The van der Waals surface area contributed by atoms with Gasteiger partial charge in [-0.2, -0.15) is 62.2 Å². The number of hydrogen-bond donors (Lipinski definition) is 0. The number of hydrogen-bond acceptors (Lipinski definition) is 3. The average Bonchev–Trinajstić information content (AvgIpc) is 2.72. The van der Waals surface area contributed by atoms with Crippen molar-refractivity contribution >= 4 is 5.71 Å². The van der Waals surface area contributed by atoms with E-state index in [1.807, 2.05) is 0 Å². The molecule has 0 N–H and O–H groups in total. The van der Waals surface area contributed by atoms with Crippen LogP contribution in [0.2, 0.25) is 0 Å². The highest BCUT2D eigenvalue weighted by Gasteiger charge is 2.91. The highest BCUT2D eigenvalue weighted by Crippen LogP contribution is 2.60. The van der Waals surface area contributed by atoms with E-state index in [0.717, 1.165) is 12.1 Å². The van der Waals surface area contributed by atoms with Crippen LogP contribution in [-0.4, -0.2) is 72.8 Å². The van der Waals surface area contributed by atoms with Crippen molar-refractivity contribution in [3.05, 3.63) is 35.9 Å². The lowest BCUT2D eigenvalue weighted by Gasteiger charge is -2.40. The highest BCUT2D eigenvalue weighted by atomic mass is 19.4. The summed E-state index contributed by atoms with van der Waals surface area (Å²) in [6.07, 6.45) is -7.46. The number of ether oxygens (including phenoxy) is 1. The second-order valence-corrected chi connectivity index (χ2v) is 6.75. The minimum absolute atomic E-state index is 0.181. The maximum atomic E-state index is 14.7. The summed E-state index contributed by atoms with van der Waals surface area (Å²) in [6, 6.07) is 4.35. The van der Waals surface area contributed by atoms with Crippen molar-refractivity contribution in [1.29, 1.82) is 0 Å². The number of hydrazone groups is 1. The van der Waals surface area contributed by atoms with Crippen LogP contribution in [-0.2, 0) is 4.74 Å². The second kappa shape index (κ2) is 8.51. The van der Waals surface area contributed by atoms with Gasteiger partial charge in [-0.1, -0.05) is 30.3 Å². The molecule has 2 rings (SSSR count). The molecule has 188 valence electrons. The summed E-state index contributed by atoms with van der Waals surface area (Å²) in [6.45, 7) is -1.04. The molecule has 0 spiro atoms. The lowest BCUT2D eigenvalue weighted by molar-refractivity contribution is -0.434. The predicted molar refractivity (Wildman–Crippen MR) is 86.2 cm³/mol. The maximum absolute atomic E-state index is 14.7. The first kappa shape index (κ1) is 27.0. The third-order valence-corrected chi connectivity index (χ3v) is 4.51. The van der Waals surface area contributed by atoms with E-state index in [2.05, 4.69) is 5.10 Å². The normalized spacial score (nSPS) is 18.0. The van der Waals surface area contributed by atoms with Crippen LogP contribution < -0.4 is 0 Å².